The van der Waals surface area contributed by atoms with Crippen LogP contribution in [0.2, 0.25) is 0 Å². The Labute approximate surface area is 171 Å². The highest BCUT2D eigenvalue weighted by Gasteiger charge is 2.33. The van der Waals surface area contributed by atoms with Crippen LogP contribution in [0.25, 0.3) is 11.1 Å². The quantitative estimate of drug-likeness (QED) is 0.616. The average Bonchev–Trinajstić information content (AvgIpc) is 3.27. The van der Waals surface area contributed by atoms with Crippen LogP contribution in [0.4, 0.5) is 10.8 Å². The van der Waals surface area contributed by atoms with E-state index in [0.29, 0.717) is 35.2 Å². The minimum Gasteiger partial charge on any atom is -0.492 e. The third kappa shape index (κ3) is 3.19. The van der Waals surface area contributed by atoms with Crippen LogP contribution < -0.4 is 10.6 Å². The molecule has 0 saturated carbocycles. The van der Waals surface area contributed by atoms with Gasteiger partial charge in [0.15, 0.2) is 5.13 Å². The zero-order valence-electron chi connectivity index (χ0n) is 15.5. The van der Waals surface area contributed by atoms with Gasteiger partial charge in [0.05, 0.1) is 10.6 Å². The molecule has 7 heteroatoms. The monoisotopic (exact) mass is 402 g/mol. The number of fused-ring (bicyclic) bond motifs is 3. The SMILES string of the molecule is O=C1NCCC(c2sc(NCc3ccccc3)nc2O)=C2C1=Nc1ccccc12. The number of carbonyl (C=O) groups excluding carboxylic acids is 1. The first kappa shape index (κ1) is 17.6. The number of nitrogens with zero attached hydrogens (tertiary/aromatic N) is 2. The summed E-state index contributed by atoms with van der Waals surface area (Å²) in [6.45, 7) is 1.11. The fraction of sp³-hybridized carbons (Fsp3) is 0.136. The first-order chi connectivity index (χ1) is 14.2. The molecule has 0 aliphatic carbocycles. The topological polar surface area (TPSA) is 86.6 Å². The summed E-state index contributed by atoms with van der Waals surface area (Å²) >= 11 is 1.40. The molecule has 29 heavy (non-hydrogen) atoms. The molecule has 2 aliphatic heterocycles. The highest BCUT2D eigenvalue weighted by molar-refractivity contribution is 7.17. The van der Waals surface area contributed by atoms with Gasteiger partial charge in [0.2, 0.25) is 5.88 Å². The summed E-state index contributed by atoms with van der Waals surface area (Å²) in [4.78, 5) is 22.0. The Bertz CT molecular complexity index is 1160. The molecule has 5 rings (SSSR count). The van der Waals surface area contributed by atoms with E-state index >= 15 is 0 Å². The first-order valence-electron chi connectivity index (χ1n) is 9.38. The Hall–Kier alpha value is -3.45. The van der Waals surface area contributed by atoms with Crippen molar-refractivity contribution in [1.82, 2.24) is 10.3 Å². The number of rotatable bonds is 4. The largest absolute Gasteiger partial charge is 0.492 e. The molecule has 1 amide bonds. The van der Waals surface area contributed by atoms with E-state index in [9.17, 15) is 9.90 Å². The van der Waals surface area contributed by atoms with E-state index in [1.54, 1.807) is 0 Å². The minimum atomic E-state index is -0.183. The fourth-order valence-corrected chi connectivity index (χ4v) is 4.58. The van der Waals surface area contributed by atoms with E-state index in [1.807, 2.05) is 54.6 Å². The molecule has 6 nitrogen and oxygen atoms in total. The van der Waals surface area contributed by atoms with Gasteiger partial charge in [-0.25, -0.2) is 4.99 Å². The molecule has 0 saturated heterocycles. The van der Waals surface area contributed by atoms with Gasteiger partial charge in [0, 0.05) is 24.2 Å². The molecular weight excluding hydrogens is 384 g/mol. The number of aliphatic imine (C=N–C) groups is 1. The Morgan fingerprint density at radius 2 is 1.90 bits per heavy atom. The molecule has 3 heterocycles. The molecule has 0 bridgehead atoms. The number of hydrogen-bond donors (Lipinski definition) is 3. The molecule has 0 fully saturated rings. The Morgan fingerprint density at radius 1 is 1.10 bits per heavy atom. The van der Waals surface area contributed by atoms with Crippen molar-refractivity contribution in [3.8, 4) is 5.88 Å². The highest BCUT2D eigenvalue weighted by Crippen LogP contribution is 2.45. The molecule has 3 N–H and O–H groups in total. The second-order valence-electron chi connectivity index (χ2n) is 6.85. The second-order valence-corrected chi connectivity index (χ2v) is 7.85. The number of hydrogen-bond acceptors (Lipinski definition) is 6. The maximum atomic E-state index is 12.5. The van der Waals surface area contributed by atoms with Gasteiger partial charge in [-0.15, -0.1) is 0 Å². The van der Waals surface area contributed by atoms with Gasteiger partial charge in [-0.2, -0.15) is 4.98 Å². The number of aromatic nitrogens is 1. The number of nitrogens with one attached hydrogen (secondary N) is 2. The second kappa shape index (κ2) is 7.18. The minimum absolute atomic E-state index is 0.0221. The molecule has 144 valence electrons. The van der Waals surface area contributed by atoms with Gasteiger partial charge in [-0.3, -0.25) is 4.79 Å². The Balaban J connectivity index is 1.54. The van der Waals surface area contributed by atoms with E-state index in [2.05, 4.69) is 20.6 Å². The maximum absolute atomic E-state index is 12.5. The normalized spacial score (nSPS) is 15.3. The summed E-state index contributed by atoms with van der Waals surface area (Å²) in [5.74, 6) is -0.205. The molecule has 0 spiro atoms. The number of anilines is 1. The number of para-hydroxylation sites is 1. The maximum Gasteiger partial charge on any atom is 0.270 e. The summed E-state index contributed by atoms with van der Waals surface area (Å²) in [6, 6.07) is 17.7. The summed E-state index contributed by atoms with van der Waals surface area (Å²) in [5, 5.41) is 17.4. The van der Waals surface area contributed by atoms with Crippen molar-refractivity contribution in [1.29, 1.82) is 0 Å². The van der Waals surface area contributed by atoms with Crippen LogP contribution in [0.3, 0.4) is 0 Å². The van der Waals surface area contributed by atoms with Crippen molar-refractivity contribution in [2.24, 2.45) is 4.99 Å². The van der Waals surface area contributed by atoms with Gasteiger partial charge >= 0.3 is 0 Å². The fourth-order valence-electron chi connectivity index (χ4n) is 3.65. The van der Waals surface area contributed by atoms with E-state index < -0.39 is 0 Å². The molecule has 0 unspecified atom stereocenters. The molecule has 3 aromatic rings. The zero-order valence-corrected chi connectivity index (χ0v) is 16.3. The van der Waals surface area contributed by atoms with Gasteiger partial charge in [0.1, 0.15) is 5.71 Å². The van der Waals surface area contributed by atoms with E-state index in [1.165, 1.54) is 11.3 Å². The summed E-state index contributed by atoms with van der Waals surface area (Å²) < 4.78 is 0. The van der Waals surface area contributed by atoms with E-state index in [-0.39, 0.29) is 11.8 Å². The van der Waals surface area contributed by atoms with E-state index in [4.69, 9.17) is 0 Å². The average molecular weight is 402 g/mol. The van der Waals surface area contributed by atoms with Crippen LogP contribution in [0.15, 0.2) is 59.6 Å². The molecule has 0 radical (unpaired) electrons. The summed E-state index contributed by atoms with van der Waals surface area (Å²) in [7, 11) is 0. The van der Waals surface area contributed by atoms with Crippen molar-refractivity contribution in [3.63, 3.8) is 0 Å². The molecule has 1 aromatic heterocycles. The van der Waals surface area contributed by atoms with Crippen LogP contribution >= 0.6 is 11.3 Å². The van der Waals surface area contributed by atoms with E-state index in [0.717, 1.165) is 28.0 Å². The number of benzene rings is 2. The van der Waals surface area contributed by atoms with Crippen molar-refractivity contribution in [2.45, 2.75) is 13.0 Å². The van der Waals surface area contributed by atoms with Crippen molar-refractivity contribution < 1.29 is 9.90 Å². The van der Waals surface area contributed by atoms with Crippen LogP contribution in [-0.2, 0) is 11.3 Å². The lowest BCUT2D eigenvalue weighted by molar-refractivity contribution is -0.114. The van der Waals surface area contributed by atoms with Gasteiger partial charge in [0.25, 0.3) is 5.91 Å². The van der Waals surface area contributed by atoms with Crippen molar-refractivity contribution in [2.75, 3.05) is 11.9 Å². The lowest BCUT2D eigenvalue weighted by Crippen LogP contribution is -2.29. The van der Waals surface area contributed by atoms with Crippen LogP contribution in [0.1, 0.15) is 22.4 Å². The molecular formula is C22H18N4O2S. The van der Waals surface area contributed by atoms with Crippen molar-refractivity contribution in [3.05, 3.63) is 70.6 Å². The lowest BCUT2D eigenvalue weighted by Gasteiger charge is -2.08. The highest BCUT2D eigenvalue weighted by atomic mass is 32.1. The number of carbonyl (C=O) groups is 1. The zero-order chi connectivity index (χ0) is 19.8. The molecule has 0 atom stereocenters. The van der Waals surface area contributed by atoms with Gasteiger partial charge in [-0.05, 0) is 23.6 Å². The first-order valence-corrected chi connectivity index (χ1v) is 10.2. The van der Waals surface area contributed by atoms with Crippen LogP contribution in [0.5, 0.6) is 5.88 Å². The van der Waals surface area contributed by atoms with Gasteiger partial charge in [-0.1, -0.05) is 59.9 Å². The number of thiazole rings is 1. The molecule has 2 aromatic carbocycles. The smallest absolute Gasteiger partial charge is 0.270 e. The third-order valence-corrected chi connectivity index (χ3v) is 6.05. The van der Waals surface area contributed by atoms with Gasteiger partial charge < -0.3 is 15.7 Å². The van der Waals surface area contributed by atoms with Crippen molar-refractivity contribution >= 4 is 44.9 Å². The Morgan fingerprint density at radius 3 is 2.76 bits per heavy atom. The number of amides is 1. The Kier molecular flexibility index (Phi) is 4.37. The third-order valence-electron chi connectivity index (χ3n) is 4.99. The lowest BCUT2D eigenvalue weighted by atomic mass is 9.95. The summed E-state index contributed by atoms with van der Waals surface area (Å²) in [6.07, 6.45) is 0.600. The molecule has 2 aliphatic rings. The standard InChI is InChI=1S/C22H18N4O2S/c27-20-18-17(14-8-4-5-9-16(14)25-18)15(10-11-23-20)19-21(28)26-22(29-19)24-12-13-6-2-1-3-7-13/h1-9,28H,10-12H2,(H,23,27)(H,24,26). The number of aromatic hydroxyl groups is 1. The van der Waals surface area contributed by atoms with Crippen LogP contribution in [-0.4, -0.2) is 28.3 Å². The predicted molar refractivity (Wildman–Crippen MR) is 116 cm³/mol. The predicted octanol–water partition coefficient (Wildman–Crippen LogP) is 3.98. The summed E-state index contributed by atoms with van der Waals surface area (Å²) in [5.41, 5.74) is 4.93. The van der Waals surface area contributed by atoms with Crippen LogP contribution in [0, 0.1) is 0 Å².